The van der Waals surface area contributed by atoms with E-state index in [2.05, 4.69) is 9.55 Å². The van der Waals surface area contributed by atoms with Crippen LogP contribution < -0.4 is 5.56 Å². The Labute approximate surface area is 131 Å². The highest BCUT2D eigenvalue weighted by Crippen LogP contribution is 2.17. The van der Waals surface area contributed by atoms with Crippen molar-refractivity contribution in [3.05, 3.63) is 51.1 Å². The van der Waals surface area contributed by atoms with E-state index in [1.165, 1.54) is 22.2 Å². The highest BCUT2D eigenvalue weighted by atomic mass is 32.1. The summed E-state index contributed by atoms with van der Waals surface area (Å²) in [6.07, 6.45) is 1.45. The number of carbonyl (C=O) groups excluding carboxylic acids is 1. The number of Topliss-reactive ketones (excluding diaryl/α,β-unsaturated/α-hetero) is 1. The molecule has 3 rings (SSSR count). The maximum atomic E-state index is 12.5. The molecule has 22 heavy (non-hydrogen) atoms. The lowest BCUT2D eigenvalue weighted by molar-refractivity contribution is 0.0970. The number of hydrogen-bond acceptors (Lipinski definition) is 4. The van der Waals surface area contributed by atoms with E-state index in [-0.39, 0.29) is 17.9 Å². The molecule has 0 spiro atoms. The second-order valence-corrected chi connectivity index (χ2v) is 6.18. The summed E-state index contributed by atoms with van der Waals surface area (Å²) in [5, 5.41) is 1.83. The fraction of sp³-hybridized carbons (Fsp3) is 0.312. The van der Waals surface area contributed by atoms with Gasteiger partial charge < -0.3 is 4.57 Å². The Morgan fingerprint density at radius 2 is 2.14 bits per heavy atom. The number of rotatable bonds is 4. The molecule has 0 fully saturated rings. The van der Waals surface area contributed by atoms with E-state index in [0.717, 1.165) is 17.9 Å². The number of thiophene rings is 1. The molecule has 0 saturated heterocycles. The van der Waals surface area contributed by atoms with Crippen LogP contribution in [0.4, 0.5) is 0 Å². The molecule has 3 aromatic heterocycles. The zero-order chi connectivity index (χ0) is 15.9. The Balaban J connectivity index is 1.96. The lowest BCUT2D eigenvalue weighted by atomic mass is 10.1. The van der Waals surface area contributed by atoms with Crippen molar-refractivity contribution in [1.82, 2.24) is 14.1 Å². The zero-order valence-corrected chi connectivity index (χ0v) is 13.6. The number of hydrogen-bond donors (Lipinski definition) is 0. The molecule has 0 aromatic carbocycles. The first-order valence-electron chi connectivity index (χ1n) is 7.15. The summed E-state index contributed by atoms with van der Waals surface area (Å²) in [6, 6.07) is 3.70. The van der Waals surface area contributed by atoms with Crippen molar-refractivity contribution in [3.63, 3.8) is 0 Å². The van der Waals surface area contributed by atoms with Crippen LogP contribution >= 0.6 is 11.3 Å². The molecule has 0 saturated carbocycles. The van der Waals surface area contributed by atoms with Gasteiger partial charge in [0.2, 0.25) is 0 Å². The first-order valence-corrected chi connectivity index (χ1v) is 8.03. The van der Waals surface area contributed by atoms with E-state index >= 15 is 0 Å². The topological polar surface area (TPSA) is 56.9 Å². The van der Waals surface area contributed by atoms with Gasteiger partial charge in [0, 0.05) is 23.5 Å². The van der Waals surface area contributed by atoms with Gasteiger partial charge in [0.1, 0.15) is 4.70 Å². The second kappa shape index (κ2) is 5.53. The zero-order valence-electron chi connectivity index (χ0n) is 12.8. The summed E-state index contributed by atoms with van der Waals surface area (Å²) < 4.78 is 4.07. The third kappa shape index (κ3) is 2.29. The van der Waals surface area contributed by atoms with Gasteiger partial charge in [0.25, 0.3) is 5.56 Å². The van der Waals surface area contributed by atoms with Gasteiger partial charge in [-0.1, -0.05) is 0 Å². The quantitative estimate of drug-likeness (QED) is 0.696. The SMILES string of the molecule is CCn1c(C)cc(C(=O)Cn2cnc3ccsc3c2=O)c1C. The average molecular weight is 315 g/mol. The molecule has 6 heteroatoms. The van der Waals surface area contributed by atoms with Crippen molar-refractivity contribution in [3.8, 4) is 0 Å². The lowest BCUT2D eigenvalue weighted by Crippen LogP contribution is -2.24. The van der Waals surface area contributed by atoms with Crippen molar-refractivity contribution < 1.29 is 4.79 Å². The van der Waals surface area contributed by atoms with E-state index < -0.39 is 0 Å². The lowest BCUT2D eigenvalue weighted by Gasteiger charge is -2.07. The summed E-state index contributed by atoms with van der Waals surface area (Å²) in [4.78, 5) is 29.1. The molecule has 0 aliphatic carbocycles. The third-order valence-electron chi connectivity index (χ3n) is 3.94. The Morgan fingerprint density at radius 1 is 1.36 bits per heavy atom. The molecule has 5 nitrogen and oxygen atoms in total. The van der Waals surface area contributed by atoms with Crippen molar-refractivity contribution in [2.75, 3.05) is 0 Å². The summed E-state index contributed by atoms with van der Waals surface area (Å²) >= 11 is 1.35. The number of carbonyl (C=O) groups is 1. The smallest absolute Gasteiger partial charge is 0.271 e. The summed E-state index contributed by atoms with van der Waals surface area (Å²) in [7, 11) is 0. The molecular formula is C16H17N3O2S. The normalized spacial score (nSPS) is 11.2. The van der Waals surface area contributed by atoms with Crippen molar-refractivity contribution in [1.29, 1.82) is 0 Å². The molecule has 0 bridgehead atoms. The van der Waals surface area contributed by atoms with E-state index in [4.69, 9.17) is 0 Å². The van der Waals surface area contributed by atoms with Crippen LogP contribution in [-0.4, -0.2) is 19.9 Å². The van der Waals surface area contributed by atoms with Crippen LogP contribution in [0.1, 0.15) is 28.7 Å². The summed E-state index contributed by atoms with van der Waals surface area (Å²) in [5.74, 6) is -0.0624. The predicted octanol–water partition coefficient (Wildman–Crippen LogP) is 2.78. The van der Waals surface area contributed by atoms with Crippen molar-refractivity contribution in [2.45, 2.75) is 33.9 Å². The highest BCUT2D eigenvalue weighted by Gasteiger charge is 2.16. The second-order valence-electron chi connectivity index (χ2n) is 5.26. The number of nitrogens with zero attached hydrogens (tertiary/aromatic N) is 3. The van der Waals surface area contributed by atoms with E-state index in [0.29, 0.717) is 15.8 Å². The van der Waals surface area contributed by atoms with Crippen LogP contribution in [0.25, 0.3) is 10.2 Å². The van der Waals surface area contributed by atoms with Gasteiger partial charge in [-0.05, 0) is 38.3 Å². The molecule has 0 radical (unpaired) electrons. The maximum absolute atomic E-state index is 12.5. The standard InChI is InChI=1S/C16H17N3O2S/c1-4-19-10(2)7-12(11(19)3)14(20)8-18-9-17-13-5-6-22-15(13)16(18)21/h5-7,9H,4,8H2,1-3H3. The van der Waals surface area contributed by atoms with Gasteiger partial charge in [-0.15, -0.1) is 11.3 Å². The van der Waals surface area contributed by atoms with E-state index in [9.17, 15) is 9.59 Å². The van der Waals surface area contributed by atoms with E-state index in [1.54, 1.807) is 0 Å². The molecular weight excluding hydrogens is 298 g/mol. The molecule has 0 atom stereocenters. The van der Waals surface area contributed by atoms with Gasteiger partial charge in [-0.25, -0.2) is 4.98 Å². The maximum Gasteiger partial charge on any atom is 0.271 e. The largest absolute Gasteiger partial charge is 0.349 e. The van der Waals surface area contributed by atoms with E-state index in [1.807, 2.05) is 38.3 Å². The van der Waals surface area contributed by atoms with Crippen LogP contribution in [0, 0.1) is 13.8 Å². The van der Waals surface area contributed by atoms with Gasteiger partial charge >= 0.3 is 0 Å². The first kappa shape index (κ1) is 14.7. The minimum absolute atomic E-state index is 0.0215. The molecule has 3 heterocycles. The third-order valence-corrected chi connectivity index (χ3v) is 4.83. The molecule has 3 aromatic rings. The van der Waals surface area contributed by atoms with Crippen LogP contribution in [0.5, 0.6) is 0 Å². The van der Waals surface area contributed by atoms with Crippen molar-refractivity contribution >= 4 is 27.3 Å². The number of aryl methyl sites for hydroxylation is 1. The minimum Gasteiger partial charge on any atom is -0.349 e. The minimum atomic E-state index is -0.155. The summed E-state index contributed by atoms with van der Waals surface area (Å²) in [5.41, 5.74) is 3.21. The van der Waals surface area contributed by atoms with Gasteiger partial charge in [-0.2, -0.15) is 0 Å². The average Bonchev–Trinajstić information content (AvgIpc) is 3.07. The van der Waals surface area contributed by atoms with Gasteiger partial charge in [-0.3, -0.25) is 14.2 Å². The molecule has 114 valence electrons. The predicted molar refractivity (Wildman–Crippen MR) is 87.8 cm³/mol. The molecule has 0 N–H and O–H groups in total. The van der Waals surface area contributed by atoms with Gasteiger partial charge in [0.05, 0.1) is 18.4 Å². The number of ketones is 1. The molecule has 0 aliphatic rings. The fourth-order valence-electron chi connectivity index (χ4n) is 2.80. The van der Waals surface area contributed by atoms with Crippen LogP contribution in [0.15, 0.2) is 28.6 Å². The van der Waals surface area contributed by atoms with Gasteiger partial charge in [0.15, 0.2) is 5.78 Å². The summed E-state index contributed by atoms with van der Waals surface area (Å²) in [6.45, 7) is 6.82. The van der Waals surface area contributed by atoms with Crippen molar-refractivity contribution in [2.24, 2.45) is 0 Å². The Kier molecular flexibility index (Phi) is 3.70. The van der Waals surface area contributed by atoms with Crippen LogP contribution in [-0.2, 0) is 13.1 Å². The first-order chi connectivity index (χ1) is 10.5. The Hall–Kier alpha value is -2.21. The molecule has 0 amide bonds. The van der Waals surface area contributed by atoms with Crippen LogP contribution in [0.3, 0.4) is 0 Å². The number of fused-ring (bicyclic) bond motifs is 1. The monoisotopic (exact) mass is 315 g/mol. The fourth-order valence-corrected chi connectivity index (χ4v) is 3.59. The highest BCUT2D eigenvalue weighted by molar-refractivity contribution is 7.17. The Bertz CT molecular complexity index is 917. The molecule has 0 unspecified atom stereocenters. The molecule has 0 aliphatic heterocycles. The van der Waals surface area contributed by atoms with Crippen LogP contribution in [0.2, 0.25) is 0 Å². The number of aromatic nitrogens is 3. The Morgan fingerprint density at radius 3 is 2.82 bits per heavy atom.